The molecule has 0 aliphatic carbocycles. The van der Waals surface area contributed by atoms with Gasteiger partial charge in [0.1, 0.15) is 5.75 Å². The highest BCUT2D eigenvalue weighted by Gasteiger charge is 2.11. The van der Waals surface area contributed by atoms with Crippen molar-refractivity contribution in [1.29, 1.82) is 0 Å². The summed E-state index contributed by atoms with van der Waals surface area (Å²) in [4.78, 5) is 16.4. The fourth-order valence-electron chi connectivity index (χ4n) is 2.08. The van der Waals surface area contributed by atoms with Crippen LogP contribution in [0.2, 0.25) is 5.02 Å². The van der Waals surface area contributed by atoms with Gasteiger partial charge in [-0.15, -0.1) is 0 Å². The van der Waals surface area contributed by atoms with Crippen LogP contribution in [0.4, 0.5) is 5.13 Å². The maximum absolute atomic E-state index is 12.1. The van der Waals surface area contributed by atoms with Crippen molar-refractivity contribution in [3.63, 3.8) is 0 Å². The van der Waals surface area contributed by atoms with Gasteiger partial charge in [0.15, 0.2) is 5.13 Å². The molecule has 1 heterocycles. The molecule has 0 aliphatic heterocycles. The van der Waals surface area contributed by atoms with Crippen LogP contribution in [-0.2, 0) is 11.2 Å². The van der Waals surface area contributed by atoms with E-state index < -0.39 is 0 Å². The number of hydrogen-bond donors (Lipinski definition) is 1. The van der Waals surface area contributed by atoms with E-state index in [2.05, 4.69) is 10.3 Å². The number of methoxy groups -OCH3 is 1. The Morgan fingerprint density at radius 2 is 2.09 bits per heavy atom. The summed E-state index contributed by atoms with van der Waals surface area (Å²) in [6.45, 7) is 0. The van der Waals surface area contributed by atoms with Gasteiger partial charge in [-0.05, 0) is 11.6 Å². The molecule has 2 aromatic carbocycles. The average Bonchev–Trinajstić information content (AvgIpc) is 2.88. The van der Waals surface area contributed by atoms with Gasteiger partial charge in [0.2, 0.25) is 5.91 Å². The minimum Gasteiger partial charge on any atom is -0.495 e. The van der Waals surface area contributed by atoms with Gasteiger partial charge in [-0.2, -0.15) is 0 Å². The number of carbonyl (C=O) groups is 1. The molecular weight excluding hydrogens is 320 g/mol. The van der Waals surface area contributed by atoms with Crippen LogP contribution in [0.3, 0.4) is 0 Å². The van der Waals surface area contributed by atoms with Crippen LogP contribution in [0, 0.1) is 0 Å². The number of amides is 1. The predicted molar refractivity (Wildman–Crippen MR) is 90.0 cm³/mol. The zero-order valence-corrected chi connectivity index (χ0v) is 13.4. The number of carbonyl (C=O) groups excluding carboxylic acids is 1. The first-order chi connectivity index (χ1) is 10.7. The number of benzene rings is 2. The Labute approximate surface area is 136 Å². The standard InChI is InChI=1S/C16H13ClN2O2S/c1-21-13-9-14-12(8-11(13)17)18-16(22-14)19-15(20)7-10-5-3-2-4-6-10/h2-6,8-9H,7H2,1H3,(H,18,19,20). The molecule has 0 fully saturated rings. The molecule has 1 amide bonds. The molecule has 3 aromatic rings. The van der Waals surface area contributed by atoms with Gasteiger partial charge < -0.3 is 10.1 Å². The van der Waals surface area contributed by atoms with Gasteiger partial charge in [-0.25, -0.2) is 4.98 Å². The summed E-state index contributed by atoms with van der Waals surface area (Å²) in [7, 11) is 1.57. The molecule has 0 radical (unpaired) electrons. The number of nitrogens with zero attached hydrogens (tertiary/aromatic N) is 1. The Kier molecular flexibility index (Phi) is 4.27. The Morgan fingerprint density at radius 1 is 1.32 bits per heavy atom. The molecule has 0 saturated carbocycles. The van der Waals surface area contributed by atoms with Crippen molar-refractivity contribution < 1.29 is 9.53 Å². The van der Waals surface area contributed by atoms with E-state index in [1.54, 1.807) is 13.2 Å². The first kappa shape index (κ1) is 14.8. The van der Waals surface area contributed by atoms with Crippen molar-refractivity contribution in [2.24, 2.45) is 0 Å². The second-order valence-corrected chi connectivity index (χ2v) is 6.12. The maximum atomic E-state index is 12.1. The third-order valence-electron chi connectivity index (χ3n) is 3.12. The van der Waals surface area contributed by atoms with E-state index in [1.165, 1.54) is 11.3 Å². The van der Waals surface area contributed by atoms with Crippen molar-refractivity contribution in [2.45, 2.75) is 6.42 Å². The SMILES string of the molecule is COc1cc2sc(NC(=O)Cc3ccccc3)nc2cc1Cl. The molecule has 112 valence electrons. The molecule has 0 aliphatic rings. The van der Waals surface area contributed by atoms with Crippen LogP contribution in [0.15, 0.2) is 42.5 Å². The number of hydrogen-bond acceptors (Lipinski definition) is 4. The van der Waals surface area contributed by atoms with Crippen molar-refractivity contribution in [3.05, 3.63) is 53.1 Å². The highest BCUT2D eigenvalue weighted by Crippen LogP contribution is 2.34. The highest BCUT2D eigenvalue weighted by atomic mass is 35.5. The molecule has 0 atom stereocenters. The van der Waals surface area contributed by atoms with Crippen molar-refractivity contribution >= 4 is 44.2 Å². The molecule has 0 spiro atoms. The lowest BCUT2D eigenvalue weighted by molar-refractivity contribution is -0.115. The van der Waals surface area contributed by atoms with E-state index in [0.717, 1.165) is 15.8 Å². The summed E-state index contributed by atoms with van der Waals surface area (Å²) < 4.78 is 6.10. The third-order valence-corrected chi connectivity index (χ3v) is 4.34. The fraction of sp³-hybridized carbons (Fsp3) is 0.125. The van der Waals surface area contributed by atoms with Gasteiger partial charge in [-0.3, -0.25) is 4.79 Å². The van der Waals surface area contributed by atoms with Crippen LogP contribution in [0.25, 0.3) is 10.2 Å². The van der Waals surface area contributed by atoms with Crippen LogP contribution >= 0.6 is 22.9 Å². The van der Waals surface area contributed by atoms with Gasteiger partial charge in [-0.1, -0.05) is 53.3 Å². The zero-order chi connectivity index (χ0) is 15.5. The van der Waals surface area contributed by atoms with E-state index in [4.69, 9.17) is 16.3 Å². The van der Waals surface area contributed by atoms with Crippen LogP contribution < -0.4 is 10.1 Å². The van der Waals surface area contributed by atoms with Gasteiger partial charge in [0.05, 0.1) is 28.8 Å². The first-order valence-electron chi connectivity index (χ1n) is 6.63. The average molecular weight is 333 g/mol. The van der Waals surface area contributed by atoms with E-state index in [-0.39, 0.29) is 5.91 Å². The number of anilines is 1. The summed E-state index contributed by atoms with van der Waals surface area (Å²) >= 11 is 7.47. The van der Waals surface area contributed by atoms with Gasteiger partial charge >= 0.3 is 0 Å². The monoisotopic (exact) mass is 332 g/mol. The normalized spacial score (nSPS) is 10.6. The van der Waals surface area contributed by atoms with Crippen molar-refractivity contribution in [1.82, 2.24) is 4.98 Å². The zero-order valence-electron chi connectivity index (χ0n) is 11.8. The molecule has 0 bridgehead atoms. The summed E-state index contributed by atoms with van der Waals surface area (Å²) in [5.41, 5.74) is 1.71. The molecule has 3 rings (SSSR count). The molecule has 1 N–H and O–H groups in total. The van der Waals surface area contributed by atoms with Gasteiger partial charge in [0.25, 0.3) is 0 Å². The number of rotatable bonds is 4. The molecule has 22 heavy (non-hydrogen) atoms. The van der Waals surface area contributed by atoms with E-state index in [9.17, 15) is 4.79 Å². The topological polar surface area (TPSA) is 51.2 Å². The lowest BCUT2D eigenvalue weighted by Gasteiger charge is -2.01. The summed E-state index contributed by atoms with van der Waals surface area (Å²) in [6, 6.07) is 13.1. The van der Waals surface area contributed by atoms with Crippen LogP contribution in [0.5, 0.6) is 5.75 Å². The van der Waals surface area contributed by atoms with Gasteiger partial charge in [0, 0.05) is 6.07 Å². The number of nitrogens with one attached hydrogen (secondary N) is 1. The quantitative estimate of drug-likeness (QED) is 0.781. The van der Waals surface area contributed by atoms with E-state index in [0.29, 0.717) is 22.3 Å². The molecular formula is C16H13ClN2O2S. The minimum absolute atomic E-state index is 0.0941. The number of thiazole rings is 1. The Bertz CT molecular complexity index is 818. The maximum Gasteiger partial charge on any atom is 0.230 e. The van der Waals surface area contributed by atoms with E-state index in [1.807, 2.05) is 36.4 Å². The number of ether oxygens (including phenoxy) is 1. The summed E-state index contributed by atoms with van der Waals surface area (Å²) in [6.07, 6.45) is 0.320. The number of halogens is 1. The fourth-order valence-corrected chi connectivity index (χ4v) is 3.21. The molecule has 6 heteroatoms. The first-order valence-corrected chi connectivity index (χ1v) is 7.83. The lowest BCUT2D eigenvalue weighted by Crippen LogP contribution is -2.13. The highest BCUT2D eigenvalue weighted by molar-refractivity contribution is 7.22. The molecule has 4 nitrogen and oxygen atoms in total. The second kappa shape index (κ2) is 6.34. The number of fused-ring (bicyclic) bond motifs is 1. The Balaban J connectivity index is 1.77. The Hall–Kier alpha value is -2.11. The summed E-state index contributed by atoms with van der Waals surface area (Å²) in [5, 5.41) is 3.88. The lowest BCUT2D eigenvalue weighted by atomic mass is 10.1. The molecule has 0 saturated heterocycles. The van der Waals surface area contributed by atoms with E-state index >= 15 is 0 Å². The molecule has 0 unspecified atom stereocenters. The summed E-state index contributed by atoms with van der Waals surface area (Å²) in [5.74, 6) is 0.503. The van der Waals surface area contributed by atoms with Crippen molar-refractivity contribution in [3.8, 4) is 5.75 Å². The number of aromatic nitrogens is 1. The smallest absolute Gasteiger partial charge is 0.230 e. The minimum atomic E-state index is -0.0941. The molecule has 1 aromatic heterocycles. The predicted octanol–water partition coefficient (Wildman–Crippen LogP) is 4.14. The third kappa shape index (κ3) is 3.21. The van der Waals surface area contributed by atoms with Crippen LogP contribution in [-0.4, -0.2) is 18.0 Å². The largest absolute Gasteiger partial charge is 0.495 e. The van der Waals surface area contributed by atoms with Crippen LogP contribution in [0.1, 0.15) is 5.56 Å². The van der Waals surface area contributed by atoms with Crippen molar-refractivity contribution in [2.75, 3.05) is 12.4 Å². The Morgan fingerprint density at radius 3 is 2.82 bits per heavy atom. The second-order valence-electron chi connectivity index (χ2n) is 4.68.